The van der Waals surface area contributed by atoms with E-state index in [2.05, 4.69) is 52.0 Å². The molecule has 5 heteroatoms. The van der Waals surface area contributed by atoms with Crippen LogP contribution in [0.4, 0.5) is 5.69 Å². The van der Waals surface area contributed by atoms with Gasteiger partial charge in [0.15, 0.2) is 0 Å². The maximum Gasteiger partial charge on any atom is 0.143 e. The van der Waals surface area contributed by atoms with Gasteiger partial charge in [0.2, 0.25) is 0 Å². The molecule has 1 heterocycles. The molecule has 0 spiro atoms. The molecule has 0 aliphatic heterocycles. The van der Waals surface area contributed by atoms with Crippen molar-refractivity contribution in [2.45, 2.75) is 13.5 Å². The van der Waals surface area contributed by atoms with Gasteiger partial charge in [0.1, 0.15) is 6.33 Å². The topological polar surface area (TPSA) is 55.6 Å². The summed E-state index contributed by atoms with van der Waals surface area (Å²) in [5.74, 6) is 0. The summed E-state index contributed by atoms with van der Waals surface area (Å²) in [7, 11) is 0. The van der Waals surface area contributed by atoms with Crippen LogP contribution in [0.1, 0.15) is 11.1 Å². The van der Waals surface area contributed by atoms with Crippen LogP contribution < -0.4 is 5.32 Å². The predicted molar refractivity (Wildman–Crippen MR) is 77.7 cm³/mol. The third-order valence-electron chi connectivity index (χ3n) is 3.16. The van der Waals surface area contributed by atoms with Crippen molar-refractivity contribution in [3.05, 3.63) is 66.0 Å². The first-order valence-electron chi connectivity index (χ1n) is 6.45. The van der Waals surface area contributed by atoms with Gasteiger partial charge in [0, 0.05) is 12.2 Å². The highest BCUT2D eigenvalue weighted by Crippen LogP contribution is 2.19. The minimum Gasteiger partial charge on any atom is -0.381 e. The number of nitrogens with zero attached hydrogens (tertiary/aromatic N) is 4. The Morgan fingerprint density at radius 1 is 1.10 bits per heavy atom. The highest BCUT2D eigenvalue weighted by molar-refractivity contribution is 5.56. The predicted octanol–water partition coefficient (Wildman–Crippen LogP) is 2.58. The molecule has 0 atom stereocenters. The van der Waals surface area contributed by atoms with Crippen molar-refractivity contribution in [3.8, 4) is 5.69 Å². The lowest BCUT2D eigenvalue weighted by molar-refractivity contribution is 0.789. The number of aromatic nitrogens is 4. The molecule has 0 aliphatic carbocycles. The fourth-order valence-electron chi connectivity index (χ4n) is 2.02. The van der Waals surface area contributed by atoms with Gasteiger partial charge in [0.05, 0.1) is 5.69 Å². The van der Waals surface area contributed by atoms with E-state index in [9.17, 15) is 0 Å². The van der Waals surface area contributed by atoms with Crippen LogP contribution in [0.3, 0.4) is 0 Å². The molecule has 5 nitrogen and oxygen atoms in total. The molecule has 0 saturated heterocycles. The Hall–Kier alpha value is -2.69. The van der Waals surface area contributed by atoms with Crippen LogP contribution in [0.2, 0.25) is 0 Å². The zero-order valence-corrected chi connectivity index (χ0v) is 11.2. The number of hydrogen-bond donors (Lipinski definition) is 1. The Morgan fingerprint density at radius 3 is 2.70 bits per heavy atom. The molecule has 100 valence electrons. The van der Waals surface area contributed by atoms with Crippen LogP contribution in [-0.4, -0.2) is 20.2 Å². The normalized spacial score (nSPS) is 10.4. The molecule has 1 N–H and O–H groups in total. The third kappa shape index (κ3) is 2.66. The SMILES string of the molecule is Cc1ccc(-n2cnnn2)cc1NCc1ccccc1. The summed E-state index contributed by atoms with van der Waals surface area (Å²) in [4.78, 5) is 0. The van der Waals surface area contributed by atoms with Gasteiger partial charge in [-0.15, -0.1) is 5.10 Å². The smallest absolute Gasteiger partial charge is 0.143 e. The minimum absolute atomic E-state index is 0.792. The number of anilines is 1. The largest absolute Gasteiger partial charge is 0.381 e. The average Bonchev–Trinajstić information content (AvgIpc) is 3.02. The fraction of sp³-hybridized carbons (Fsp3) is 0.133. The monoisotopic (exact) mass is 265 g/mol. The van der Waals surface area contributed by atoms with Crippen molar-refractivity contribution in [3.63, 3.8) is 0 Å². The van der Waals surface area contributed by atoms with E-state index in [1.165, 1.54) is 11.1 Å². The quantitative estimate of drug-likeness (QED) is 0.787. The van der Waals surface area contributed by atoms with E-state index in [1.807, 2.05) is 24.3 Å². The van der Waals surface area contributed by atoms with Crippen molar-refractivity contribution in [2.24, 2.45) is 0 Å². The summed E-state index contributed by atoms with van der Waals surface area (Å²) in [5.41, 5.74) is 4.47. The molecular weight excluding hydrogens is 250 g/mol. The second-order valence-corrected chi connectivity index (χ2v) is 4.59. The minimum atomic E-state index is 0.792. The van der Waals surface area contributed by atoms with Gasteiger partial charge in [-0.05, 0) is 40.6 Å². The number of benzene rings is 2. The first-order valence-corrected chi connectivity index (χ1v) is 6.45. The van der Waals surface area contributed by atoms with Gasteiger partial charge in [-0.2, -0.15) is 0 Å². The maximum atomic E-state index is 3.90. The summed E-state index contributed by atoms with van der Waals surface area (Å²) >= 11 is 0. The summed E-state index contributed by atoms with van der Waals surface area (Å²) in [5, 5.41) is 14.7. The van der Waals surface area contributed by atoms with Gasteiger partial charge in [0.25, 0.3) is 0 Å². The van der Waals surface area contributed by atoms with Crippen molar-refractivity contribution in [1.29, 1.82) is 0 Å². The molecule has 0 aliphatic rings. The van der Waals surface area contributed by atoms with Crippen molar-refractivity contribution < 1.29 is 0 Å². The standard InChI is InChI=1S/C15H15N5/c1-12-7-8-14(20-11-17-18-19-20)9-15(12)16-10-13-5-3-2-4-6-13/h2-9,11,16H,10H2,1H3. The van der Waals surface area contributed by atoms with Crippen LogP contribution in [0.5, 0.6) is 0 Å². The zero-order chi connectivity index (χ0) is 13.8. The fourth-order valence-corrected chi connectivity index (χ4v) is 2.02. The molecular formula is C15H15N5. The Morgan fingerprint density at radius 2 is 1.95 bits per heavy atom. The number of hydrogen-bond acceptors (Lipinski definition) is 4. The maximum absolute atomic E-state index is 3.90. The Labute approximate surface area is 117 Å². The summed E-state index contributed by atoms with van der Waals surface area (Å²) in [6.07, 6.45) is 1.59. The van der Waals surface area contributed by atoms with E-state index in [1.54, 1.807) is 11.0 Å². The second kappa shape index (κ2) is 5.52. The molecule has 0 bridgehead atoms. The highest BCUT2D eigenvalue weighted by Gasteiger charge is 2.03. The molecule has 0 unspecified atom stereocenters. The summed E-state index contributed by atoms with van der Waals surface area (Å²) < 4.78 is 1.65. The van der Waals surface area contributed by atoms with E-state index < -0.39 is 0 Å². The average molecular weight is 265 g/mol. The molecule has 0 radical (unpaired) electrons. The summed E-state index contributed by atoms with van der Waals surface area (Å²) in [6, 6.07) is 16.4. The molecule has 0 amide bonds. The van der Waals surface area contributed by atoms with Gasteiger partial charge in [-0.3, -0.25) is 0 Å². The Bertz CT molecular complexity index is 677. The number of nitrogens with one attached hydrogen (secondary N) is 1. The zero-order valence-electron chi connectivity index (χ0n) is 11.2. The number of rotatable bonds is 4. The van der Waals surface area contributed by atoms with E-state index in [0.717, 1.165) is 17.9 Å². The van der Waals surface area contributed by atoms with Crippen LogP contribution in [0.25, 0.3) is 5.69 Å². The van der Waals surface area contributed by atoms with Crippen LogP contribution >= 0.6 is 0 Å². The molecule has 0 fully saturated rings. The van der Waals surface area contributed by atoms with Gasteiger partial charge < -0.3 is 5.32 Å². The van der Waals surface area contributed by atoms with E-state index in [4.69, 9.17) is 0 Å². The lowest BCUT2D eigenvalue weighted by Crippen LogP contribution is -2.03. The van der Waals surface area contributed by atoms with Crippen LogP contribution in [-0.2, 0) is 6.54 Å². The lowest BCUT2D eigenvalue weighted by atomic mass is 10.1. The molecule has 2 aromatic carbocycles. The van der Waals surface area contributed by atoms with Crippen LogP contribution in [0, 0.1) is 6.92 Å². The third-order valence-corrected chi connectivity index (χ3v) is 3.16. The van der Waals surface area contributed by atoms with Crippen molar-refractivity contribution >= 4 is 5.69 Å². The van der Waals surface area contributed by atoms with E-state index in [0.29, 0.717) is 0 Å². The molecule has 20 heavy (non-hydrogen) atoms. The van der Waals surface area contributed by atoms with Gasteiger partial charge >= 0.3 is 0 Å². The van der Waals surface area contributed by atoms with Gasteiger partial charge in [-0.1, -0.05) is 36.4 Å². The first kappa shape index (κ1) is 12.3. The lowest BCUT2D eigenvalue weighted by Gasteiger charge is -2.11. The Balaban J connectivity index is 1.80. The van der Waals surface area contributed by atoms with Crippen molar-refractivity contribution in [2.75, 3.05) is 5.32 Å². The number of tetrazole rings is 1. The highest BCUT2D eigenvalue weighted by atomic mass is 15.5. The summed E-state index contributed by atoms with van der Waals surface area (Å²) in [6.45, 7) is 2.87. The molecule has 3 rings (SSSR count). The molecule has 0 saturated carbocycles. The molecule has 3 aromatic rings. The van der Waals surface area contributed by atoms with Crippen molar-refractivity contribution in [1.82, 2.24) is 20.2 Å². The molecule has 1 aromatic heterocycles. The first-order chi connectivity index (χ1) is 9.83. The number of aryl methyl sites for hydroxylation is 1. The Kier molecular flexibility index (Phi) is 3.41. The van der Waals surface area contributed by atoms with Gasteiger partial charge in [-0.25, -0.2) is 4.68 Å². The van der Waals surface area contributed by atoms with Crippen LogP contribution in [0.15, 0.2) is 54.9 Å². The van der Waals surface area contributed by atoms with E-state index >= 15 is 0 Å². The van der Waals surface area contributed by atoms with E-state index in [-0.39, 0.29) is 0 Å². The second-order valence-electron chi connectivity index (χ2n) is 4.59.